The van der Waals surface area contributed by atoms with E-state index >= 15 is 0 Å². The molecule has 112 valence electrons. The number of imidazole rings is 1. The lowest BCUT2D eigenvalue weighted by Gasteiger charge is -2.18. The summed E-state index contributed by atoms with van der Waals surface area (Å²) in [5.41, 5.74) is 1.56. The molecular weight excluding hydrogens is 268 g/mol. The van der Waals surface area contributed by atoms with Gasteiger partial charge in [-0.1, -0.05) is 6.07 Å². The maximum atomic E-state index is 10.6. The molecule has 0 bridgehead atoms. The number of nitrogens with zero attached hydrogens (tertiary/aromatic N) is 2. The lowest BCUT2D eigenvalue weighted by molar-refractivity contribution is 0.207. The fourth-order valence-corrected chi connectivity index (χ4v) is 2.48. The highest BCUT2D eigenvalue weighted by Gasteiger charge is 2.19. The smallest absolute Gasteiger partial charge is 0.161 e. The van der Waals surface area contributed by atoms with Crippen molar-refractivity contribution in [1.82, 2.24) is 9.55 Å². The van der Waals surface area contributed by atoms with Gasteiger partial charge in [-0.25, -0.2) is 4.98 Å². The van der Waals surface area contributed by atoms with Crippen LogP contribution in [-0.2, 0) is 0 Å². The van der Waals surface area contributed by atoms with E-state index in [1.165, 1.54) is 0 Å². The number of ether oxygens (including phenoxy) is 2. The Kier molecular flexibility index (Phi) is 3.84. The van der Waals surface area contributed by atoms with Gasteiger partial charge in [0, 0.05) is 12.5 Å². The fraction of sp³-hybridized carbons (Fsp3) is 0.438. The first kappa shape index (κ1) is 13.9. The number of rotatable bonds is 3. The van der Waals surface area contributed by atoms with E-state index in [9.17, 15) is 5.11 Å². The first-order valence-corrected chi connectivity index (χ1v) is 7.26. The van der Waals surface area contributed by atoms with Crippen molar-refractivity contribution in [1.29, 1.82) is 0 Å². The molecule has 1 aliphatic heterocycles. The number of hydrogen-bond donors (Lipinski definition) is 1. The maximum Gasteiger partial charge on any atom is 0.161 e. The van der Waals surface area contributed by atoms with E-state index < -0.39 is 6.10 Å². The topological polar surface area (TPSA) is 56.5 Å². The lowest BCUT2D eigenvalue weighted by Crippen LogP contribution is -2.10. The Labute approximate surface area is 124 Å². The molecule has 5 heteroatoms. The van der Waals surface area contributed by atoms with Crippen LogP contribution in [0.15, 0.2) is 30.7 Å². The first-order valence-electron chi connectivity index (χ1n) is 7.26. The quantitative estimate of drug-likeness (QED) is 0.943. The molecule has 5 nitrogen and oxygen atoms in total. The largest absolute Gasteiger partial charge is 0.490 e. The first-order chi connectivity index (χ1) is 10.2. The number of hydrogen-bond acceptors (Lipinski definition) is 4. The van der Waals surface area contributed by atoms with E-state index in [0.717, 1.165) is 23.4 Å². The van der Waals surface area contributed by atoms with Crippen LogP contribution in [-0.4, -0.2) is 27.9 Å². The minimum atomic E-state index is -0.730. The molecule has 2 heterocycles. The zero-order valence-corrected chi connectivity index (χ0v) is 12.3. The Morgan fingerprint density at radius 3 is 2.71 bits per heavy atom. The highest BCUT2D eigenvalue weighted by atomic mass is 16.5. The molecule has 0 saturated heterocycles. The SMILES string of the molecule is CC(C)n1cncc1C(O)c1ccc2c(c1)OCCCO2. The average molecular weight is 288 g/mol. The van der Waals surface area contributed by atoms with Crippen molar-refractivity contribution in [3.8, 4) is 11.5 Å². The van der Waals surface area contributed by atoms with Crippen LogP contribution in [0.4, 0.5) is 0 Å². The summed E-state index contributed by atoms with van der Waals surface area (Å²) in [5, 5.41) is 10.6. The van der Waals surface area contributed by atoms with Crippen LogP contribution < -0.4 is 9.47 Å². The predicted octanol–water partition coefficient (Wildman–Crippen LogP) is 2.71. The number of fused-ring (bicyclic) bond motifs is 1. The molecule has 1 atom stereocenters. The summed E-state index contributed by atoms with van der Waals surface area (Å²) in [7, 11) is 0. The van der Waals surface area contributed by atoms with Crippen LogP contribution in [0.5, 0.6) is 11.5 Å². The van der Waals surface area contributed by atoms with Crippen LogP contribution in [0.2, 0.25) is 0 Å². The van der Waals surface area contributed by atoms with Crippen molar-refractivity contribution < 1.29 is 14.6 Å². The molecule has 1 aromatic heterocycles. The van der Waals surface area contributed by atoms with Gasteiger partial charge in [0.1, 0.15) is 6.10 Å². The summed E-state index contributed by atoms with van der Waals surface area (Å²) in [4.78, 5) is 4.14. The normalized spacial score (nSPS) is 15.8. The third-order valence-electron chi connectivity index (χ3n) is 3.62. The van der Waals surface area contributed by atoms with Crippen LogP contribution in [0.1, 0.15) is 43.7 Å². The Bertz CT molecular complexity index is 622. The second kappa shape index (κ2) is 5.77. The molecule has 21 heavy (non-hydrogen) atoms. The summed E-state index contributed by atoms with van der Waals surface area (Å²) in [6.07, 6.45) is 3.58. The Morgan fingerprint density at radius 2 is 1.95 bits per heavy atom. The minimum absolute atomic E-state index is 0.248. The molecular formula is C16H20N2O3. The standard InChI is InChI=1S/C16H20N2O3/c1-11(2)18-10-17-9-13(18)16(19)12-4-5-14-15(8-12)21-7-3-6-20-14/h4-5,8-11,16,19H,3,6-7H2,1-2H3. The van der Waals surface area contributed by atoms with E-state index in [0.29, 0.717) is 19.0 Å². The molecule has 1 aromatic carbocycles. The Morgan fingerprint density at radius 1 is 1.19 bits per heavy atom. The maximum absolute atomic E-state index is 10.6. The summed E-state index contributed by atoms with van der Waals surface area (Å²) in [6, 6.07) is 5.83. The van der Waals surface area contributed by atoms with E-state index in [4.69, 9.17) is 9.47 Å². The second-order valence-corrected chi connectivity index (χ2v) is 5.48. The van der Waals surface area contributed by atoms with Crippen molar-refractivity contribution >= 4 is 0 Å². The molecule has 2 aromatic rings. The van der Waals surface area contributed by atoms with Crippen molar-refractivity contribution in [2.45, 2.75) is 32.4 Å². The van der Waals surface area contributed by atoms with Crippen molar-refractivity contribution in [2.24, 2.45) is 0 Å². The van der Waals surface area contributed by atoms with Gasteiger partial charge in [-0.2, -0.15) is 0 Å². The number of aliphatic hydroxyl groups is 1. The van der Waals surface area contributed by atoms with Crippen molar-refractivity contribution in [3.05, 3.63) is 42.0 Å². The van der Waals surface area contributed by atoms with Gasteiger partial charge >= 0.3 is 0 Å². The van der Waals surface area contributed by atoms with Gasteiger partial charge in [0.25, 0.3) is 0 Å². The number of benzene rings is 1. The molecule has 0 amide bonds. The minimum Gasteiger partial charge on any atom is -0.490 e. The third-order valence-corrected chi connectivity index (χ3v) is 3.62. The van der Waals surface area contributed by atoms with Gasteiger partial charge in [-0.3, -0.25) is 0 Å². The molecule has 0 saturated carbocycles. The van der Waals surface area contributed by atoms with E-state index in [-0.39, 0.29) is 6.04 Å². The molecule has 0 fully saturated rings. The van der Waals surface area contributed by atoms with E-state index in [1.807, 2.05) is 22.8 Å². The summed E-state index contributed by atoms with van der Waals surface area (Å²) in [5.74, 6) is 1.43. The van der Waals surface area contributed by atoms with Crippen molar-refractivity contribution in [3.63, 3.8) is 0 Å². The van der Waals surface area contributed by atoms with Crippen LogP contribution in [0.25, 0.3) is 0 Å². The molecule has 3 rings (SSSR count). The van der Waals surface area contributed by atoms with E-state index in [2.05, 4.69) is 18.8 Å². The van der Waals surface area contributed by atoms with Crippen molar-refractivity contribution in [2.75, 3.05) is 13.2 Å². The summed E-state index contributed by atoms with van der Waals surface area (Å²) in [6.45, 7) is 5.42. The Balaban J connectivity index is 1.93. The third kappa shape index (κ3) is 2.74. The highest BCUT2D eigenvalue weighted by Crippen LogP contribution is 2.34. The van der Waals surface area contributed by atoms with Crippen LogP contribution in [0.3, 0.4) is 0 Å². The lowest BCUT2D eigenvalue weighted by atomic mass is 10.1. The van der Waals surface area contributed by atoms with Gasteiger partial charge in [-0.15, -0.1) is 0 Å². The van der Waals surface area contributed by atoms with Gasteiger partial charge in [0.05, 0.1) is 31.4 Å². The van der Waals surface area contributed by atoms with Gasteiger partial charge in [-0.05, 0) is 31.5 Å². The van der Waals surface area contributed by atoms with Gasteiger partial charge < -0.3 is 19.1 Å². The fourth-order valence-electron chi connectivity index (χ4n) is 2.48. The second-order valence-electron chi connectivity index (χ2n) is 5.48. The van der Waals surface area contributed by atoms with Gasteiger partial charge in [0.2, 0.25) is 0 Å². The highest BCUT2D eigenvalue weighted by molar-refractivity contribution is 5.45. The predicted molar refractivity (Wildman–Crippen MR) is 78.7 cm³/mol. The molecule has 1 unspecified atom stereocenters. The zero-order valence-electron chi connectivity index (χ0n) is 12.3. The average Bonchev–Trinajstić information content (AvgIpc) is 2.85. The van der Waals surface area contributed by atoms with Crippen LogP contribution >= 0.6 is 0 Å². The monoisotopic (exact) mass is 288 g/mol. The Hall–Kier alpha value is -2.01. The van der Waals surface area contributed by atoms with E-state index in [1.54, 1.807) is 12.5 Å². The number of aliphatic hydroxyl groups excluding tert-OH is 1. The summed E-state index contributed by atoms with van der Waals surface area (Å²) < 4.78 is 13.3. The number of aromatic nitrogens is 2. The molecule has 0 aliphatic carbocycles. The molecule has 0 radical (unpaired) electrons. The molecule has 1 aliphatic rings. The zero-order chi connectivity index (χ0) is 14.8. The molecule has 1 N–H and O–H groups in total. The van der Waals surface area contributed by atoms with Crippen LogP contribution in [0, 0.1) is 0 Å². The van der Waals surface area contributed by atoms with Gasteiger partial charge in [0.15, 0.2) is 11.5 Å². The summed E-state index contributed by atoms with van der Waals surface area (Å²) >= 11 is 0. The molecule has 0 spiro atoms.